The lowest BCUT2D eigenvalue weighted by Crippen LogP contribution is -2.06. The molecule has 6 heteroatoms. The van der Waals surface area contributed by atoms with Gasteiger partial charge in [0.2, 0.25) is 0 Å². The van der Waals surface area contributed by atoms with Gasteiger partial charge in [-0.2, -0.15) is 10.4 Å². The molecule has 0 saturated carbocycles. The van der Waals surface area contributed by atoms with E-state index in [9.17, 15) is 10.1 Å². The molecule has 3 rings (SSSR count). The van der Waals surface area contributed by atoms with E-state index in [4.69, 9.17) is 9.15 Å². The largest absolute Gasteiger partial charge is 0.462 e. The quantitative estimate of drug-likeness (QED) is 0.397. The summed E-state index contributed by atoms with van der Waals surface area (Å²) >= 11 is 0. The number of para-hydroxylation sites is 1. The van der Waals surface area contributed by atoms with E-state index in [0.717, 1.165) is 11.4 Å². The van der Waals surface area contributed by atoms with Gasteiger partial charge < -0.3 is 9.15 Å². The summed E-state index contributed by atoms with van der Waals surface area (Å²) in [4.78, 5) is 11.9. The number of hydrogen-bond acceptors (Lipinski definition) is 5. The average molecular weight is 347 g/mol. The van der Waals surface area contributed by atoms with E-state index in [1.54, 1.807) is 23.9 Å². The van der Waals surface area contributed by atoms with Gasteiger partial charge in [-0.05, 0) is 44.2 Å². The molecule has 2 aromatic heterocycles. The van der Waals surface area contributed by atoms with Crippen molar-refractivity contribution in [3.63, 3.8) is 0 Å². The molecular formula is C20H17N3O3. The van der Waals surface area contributed by atoms with Crippen molar-refractivity contribution in [3.8, 4) is 23.2 Å². The average Bonchev–Trinajstić information content (AvgIpc) is 3.26. The van der Waals surface area contributed by atoms with Crippen molar-refractivity contribution in [2.24, 2.45) is 0 Å². The monoisotopic (exact) mass is 347 g/mol. The first-order valence-electron chi connectivity index (χ1n) is 8.13. The topological polar surface area (TPSA) is 81.0 Å². The number of carbonyl (C=O) groups is 1. The number of nitrogens with zero attached hydrogens (tertiary/aromatic N) is 3. The normalized spacial score (nSPS) is 11.2. The molecule has 0 N–H and O–H groups in total. The second-order valence-corrected chi connectivity index (χ2v) is 5.51. The van der Waals surface area contributed by atoms with Crippen LogP contribution in [0.2, 0.25) is 0 Å². The Balaban J connectivity index is 2.12. The number of aryl methyl sites for hydroxylation is 1. The lowest BCUT2D eigenvalue weighted by atomic mass is 10.1. The molecule has 6 nitrogen and oxygen atoms in total. The molecule has 0 aliphatic heterocycles. The van der Waals surface area contributed by atoms with E-state index in [-0.39, 0.29) is 12.2 Å². The first-order chi connectivity index (χ1) is 12.6. The summed E-state index contributed by atoms with van der Waals surface area (Å²) in [6, 6.07) is 15.1. The van der Waals surface area contributed by atoms with E-state index < -0.39 is 5.97 Å². The molecular weight excluding hydrogens is 330 g/mol. The highest BCUT2D eigenvalue weighted by Gasteiger charge is 2.17. The van der Waals surface area contributed by atoms with Crippen LogP contribution in [0.15, 0.2) is 58.7 Å². The summed E-state index contributed by atoms with van der Waals surface area (Å²) in [6.07, 6.45) is 3.22. The predicted molar refractivity (Wildman–Crippen MR) is 96.2 cm³/mol. The summed E-state index contributed by atoms with van der Waals surface area (Å²) < 4.78 is 12.3. The summed E-state index contributed by atoms with van der Waals surface area (Å²) in [5.74, 6) is 0.642. The van der Waals surface area contributed by atoms with Crippen molar-refractivity contribution < 1.29 is 13.9 Å². The molecule has 130 valence electrons. The van der Waals surface area contributed by atoms with Gasteiger partial charge in [-0.1, -0.05) is 18.2 Å². The number of aromatic nitrogens is 2. The zero-order chi connectivity index (χ0) is 18.5. The van der Waals surface area contributed by atoms with Crippen molar-refractivity contribution in [1.82, 2.24) is 9.78 Å². The molecule has 0 atom stereocenters. The van der Waals surface area contributed by atoms with Crippen LogP contribution >= 0.6 is 0 Å². The highest BCUT2D eigenvalue weighted by Crippen LogP contribution is 2.27. The zero-order valence-electron chi connectivity index (χ0n) is 14.5. The van der Waals surface area contributed by atoms with Crippen LogP contribution in [0.25, 0.3) is 23.2 Å². The minimum atomic E-state index is -0.663. The van der Waals surface area contributed by atoms with E-state index in [1.165, 1.54) is 6.08 Å². The van der Waals surface area contributed by atoms with Crippen molar-refractivity contribution in [3.05, 3.63) is 65.6 Å². The molecule has 26 heavy (non-hydrogen) atoms. The number of carbonyl (C=O) groups excluding carboxylic acids is 1. The Kier molecular flexibility index (Phi) is 4.99. The lowest BCUT2D eigenvalue weighted by Gasteiger charge is -1.99. The SMILES string of the molecule is CCOC(=O)C(C#N)=Cc1cn(-c2ccccc2)nc1-c1ccc(C)o1. The standard InChI is InChI=1S/C20H17N3O3/c1-3-25-20(24)15(12-21)11-16-13-23(17-7-5-4-6-8-17)22-19(16)18-10-9-14(2)26-18/h4-11,13H,3H2,1-2H3. The van der Waals surface area contributed by atoms with Crippen LogP contribution < -0.4 is 0 Å². The summed E-state index contributed by atoms with van der Waals surface area (Å²) in [6.45, 7) is 3.73. The van der Waals surface area contributed by atoms with Crippen LogP contribution in [0.1, 0.15) is 18.2 Å². The van der Waals surface area contributed by atoms with Crippen LogP contribution in [0.3, 0.4) is 0 Å². The van der Waals surface area contributed by atoms with E-state index in [0.29, 0.717) is 17.0 Å². The van der Waals surface area contributed by atoms with Crippen LogP contribution in [0.5, 0.6) is 0 Å². The number of rotatable bonds is 5. The smallest absolute Gasteiger partial charge is 0.348 e. The van der Waals surface area contributed by atoms with Gasteiger partial charge in [-0.15, -0.1) is 0 Å². The number of esters is 1. The van der Waals surface area contributed by atoms with E-state index >= 15 is 0 Å². The fraction of sp³-hybridized carbons (Fsp3) is 0.150. The molecule has 0 amide bonds. The molecule has 0 spiro atoms. The zero-order valence-corrected chi connectivity index (χ0v) is 14.5. The fourth-order valence-electron chi connectivity index (χ4n) is 2.46. The highest BCUT2D eigenvalue weighted by molar-refractivity contribution is 5.98. The van der Waals surface area contributed by atoms with Gasteiger partial charge in [0.05, 0.1) is 12.3 Å². The maximum Gasteiger partial charge on any atom is 0.348 e. The van der Waals surface area contributed by atoms with Crippen molar-refractivity contribution in [2.75, 3.05) is 6.61 Å². The third-order valence-corrected chi connectivity index (χ3v) is 3.65. The van der Waals surface area contributed by atoms with Crippen molar-refractivity contribution >= 4 is 12.0 Å². The van der Waals surface area contributed by atoms with Crippen LogP contribution in [-0.4, -0.2) is 22.4 Å². The van der Waals surface area contributed by atoms with Crippen LogP contribution in [0.4, 0.5) is 0 Å². The van der Waals surface area contributed by atoms with Crippen molar-refractivity contribution in [2.45, 2.75) is 13.8 Å². The van der Waals surface area contributed by atoms with Gasteiger partial charge in [0.15, 0.2) is 5.76 Å². The molecule has 0 radical (unpaired) electrons. The Morgan fingerprint density at radius 3 is 2.69 bits per heavy atom. The Bertz CT molecular complexity index is 991. The molecule has 0 saturated heterocycles. The molecule has 1 aromatic carbocycles. The highest BCUT2D eigenvalue weighted by atomic mass is 16.5. The molecule has 0 aliphatic rings. The van der Waals surface area contributed by atoms with E-state index in [1.807, 2.05) is 49.4 Å². The van der Waals surface area contributed by atoms with Crippen LogP contribution in [-0.2, 0) is 9.53 Å². The predicted octanol–water partition coefficient (Wildman–Crippen LogP) is 3.91. The maximum atomic E-state index is 11.9. The van der Waals surface area contributed by atoms with Gasteiger partial charge in [0, 0.05) is 11.8 Å². The Hall–Kier alpha value is -3.59. The van der Waals surface area contributed by atoms with Gasteiger partial charge >= 0.3 is 5.97 Å². The fourth-order valence-corrected chi connectivity index (χ4v) is 2.46. The van der Waals surface area contributed by atoms with Gasteiger partial charge in [0.25, 0.3) is 0 Å². The van der Waals surface area contributed by atoms with Crippen LogP contribution in [0, 0.1) is 18.3 Å². The van der Waals surface area contributed by atoms with Crippen molar-refractivity contribution in [1.29, 1.82) is 5.26 Å². The first-order valence-corrected chi connectivity index (χ1v) is 8.13. The Morgan fingerprint density at radius 2 is 2.08 bits per heavy atom. The van der Waals surface area contributed by atoms with Gasteiger partial charge in [0.1, 0.15) is 23.1 Å². The minimum Gasteiger partial charge on any atom is -0.462 e. The second-order valence-electron chi connectivity index (χ2n) is 5.51. The molecule has 3 aromatic rings. The number of hydrogen-bond donors (Lipinski definition) is 0. The number of ether oxygens (including phenoxy) is 1. The summed E-state index contributed by atoms with van der Waals surface area (Å²) in [5, 5.41) is 13.9. The second kappa shape index (κ2) is 7.53. The number of furan rings is 1. The molecule has 0 aliphatic carbocycles. The summed E-state index contributed by atoms with van der Waals surface area (Å²) in [7, 11) is 0. The first kappa shape index (κ1) is 17.2. The number of nitriles is 1. The third kappa shape index (κ3) is 3.57. The molecule has 0 bridgehead atoms. The van der Waals surface area contributed by atoms with E-state index in [2.05, 4.69) is 5.10 Å². The maximum absolute atomic E-state index is 11.9. The van der Waals surface area contributed by atoms with Gasteiger partial charge in [-0.25, -0.2) is 9.48 Å². The Labute approximate surface area is 150 Å². The minimum absolute atomic E-state index is 0.0935. The molecule has 0 fully saturated rings. The lowest BCUT2D eigenvalue weighted by molar-refractivity contribution is -0.137. The summed E-state index contributed by atoms with van der Waals surface area (Å²) in [5.41, 5.74) is 1.89. The number of benzene rings is 1. The Morgan fingerprint density at radius 1 is 1.31 bits per heavy atom. The molecule has 2 heterocycles. The molecule has 0 unspecified atom stereocenters. The van der Waals surface area contributed by atoms with Gasteiger partial charge in [-0.3, -0.25) is 0 Å². The third-order valence-electron chi connectivity index (χ3n) is 3.65.